The number of nitrogens with zero attached hydrogens (tertiary/aromatic N) is 2. The monoisotopic (exact) mass is 504 g/mol. The van der Waals surface area contributed by atoms with Crippen LogP contribution < -0.4 is 29.6 Å². The maximum Gasteiger partial charge on any atom is 0.324 e. The Morgan fingerprint density at radius 2 is 1.84 bits per heavy atom. The van der Waals surface area contributed by atoms with Crippen LogP contribution in [0.25, 0.3) is 0 Å². The quantitative estimate of drug-likeness (QED) is 0.419. The second-order valence-corrected chi connectivity index (χ2v) is 7.10. The Bertz CT molecular complexity index is 1140. The van der Waals surface area contributed by atoms with E-state index in [2.05, 4.69) is 36.5 Å². The number of hydrogen-bond acceptors (Lipinski definition) is 9. The predicted molar refractivity (Wildman–Crippen MR) is 121 cm³/mol. The standard InChI is InChI=1S/C21H21BrN4O6/c1-23-20(28)13-6-5-12(29-2)9-16(13)32-21-24-10-14(22)19(26-21)25-11-7-15(27)18(31-4)17(8-11)30-3/h5-10,27H,1-4H3,(H,23,28)(H,24,25,26). The highest BCUT2D eigenvalue weighted by atomic mass is 79.9. The Hall–Kier alpha value is -3.73. The zero-order chi connectivity index (χ0) is 23.3. The number of phenolic OH excluding ortho intramolecular Hbond substituents is 1. The summed E-state index contributed by atoms with van der Waals surface area (Å²) in [5, 5.41) is 15.8. The van der Waals surface area contributed by atoms with Crippen LogP contribution in [0.3, 0.4) is 0 Å². The van der Waals surface area contributed by atoms with Crippen molar-refractivity contribution < 1.29 is 28.8 Å². The van der Waals surface area contributed by atoms with E-state index in [9.17, 15) is 9.90 Å². The molecule has 2 aromatic carbocycles. The Kier molecular flexibility index (Phi) is 7.21. The van der Waals surface area contributed by atoms with E-state index in [-0.39, 0.29) is 29.2 Å². The highest BCUT2D eigenvalue weighted by Gasteiger charge is 2.17. The van der Waals surface area contributed by atoms with Gasteiger partial charge in [0.2, 0.25) is 5.75 Å². The van der Waals surface area contributed by atoms with Gasteiger partial charge in [0.05, 0.1) is 37.6 Å². The van der Waals surface area contributed by atoms with Gasteiger partial charge in [-0.15, -0.1) is 0 Å². The minimum atomic E-state index is -0.334. The number of halogens is 1. The van der Waals surface area contributed by atoms with Crippen molar-refractivity contribution >= 4 is 33.3 Å². The number of nitrogens with one attached hydrogen (secondary N) is 2. The minimum absolute atomic E-state index is 0.0150. The van der Waals surface area contributed by atoms with Crippen LogP contribution >= 0.6 is 15.9 Å². The van der Waals surface area contributed by atoms with Crippen LogP contribution in [-0.2, 0) is 0 Å². The summed E-state index contributed by atoms with van der Waals surface area (Å²) in [7, 11) is 5.93. The number of benzene rings is 2. The zero-order valence-corrected chi connectivity index (χ0v) is 19.3. The maximum atomic E-state index is 12.2. The molecule has 0 unspecified atom stereocenters. The second-order valence-electron chi connectivity index (χ2n) is 6.25. The van der Waals surface area contributed by atoms with E-state index in [0.717, 1.165) is 0 Å². The van der Waals surface area contributed by atoms with Crippen LogP contribution in [0.15, 0.2) is 41.0 Å². The van der Waals surface area contributed by atoms with Gasteiger partial charge in [0.15, 0.2) is 17.3 Å². The molecular weight excluding hydrogens is 484 g/mol. The number of rotatable bonds is 8. The van der Waals surface area contributed by atoms with Crippen LogP contribution in [0.1, 0.15) is 10.4 Å². The first-order chi connectivity index (χ1) is 15.4. The van der Waals surface area contributed by atoms with Crippen LogP contribution in [0.2, 0.25) is 0 Å². The Labute approximate surface area is 192 Å². The van der Waals surface area contributed by atoms with E-state index < -0.39 is 0 Å². The predicted octanol–water partition coefficient (Wildman–Crippen LogP) is 3.87. The molecule has 168 valence electrons. The minimum Gasteiger partial charge on any atom is -0.504 e. The van der Waals surface area contributed by atoms with Crippen LogP contribution in [-0.4, -0.2) is 49.4 Å². The number of aromatic nitrogens is 2. The van der Waals surface area contributed by atoms with E-state index in [4.69, 9.17) is 18.9 Å². The van der Waals surface area contributed by atoms with Crippen molar-refractivity contribution in [2.75, 3.05) is 33.7 Å². The fourth-order valence-electron chi connectivity index (χ4n) is 2.78. The highest BCUT2D eigenvalue weighted by Crippen LogP contribution is 2.40. The Balaban J connectivity index is 1.94. The molecule has 0 atom stereocenters. The fraction of sp³-hybridized carbons (Fsp3) is 0.190. The first-order valence-corrected chi connectivity index (χ1v) is 10.0. The van der Waals surface area contributed by atoms with Crippen LogP contribution in [0.5, 0.6) is 34.8 Å². The van der Waals surface area contributed by atoms with Crippen molar-refractivity contribution in [2.24, 2.45) is 0 Å². The Morgan fingerprint density at radius 3 is 2.50 bits per heavy atom. The van der Waals surface area contributed by atoms with E-state index in [1.54, 1.807) is 24.3 Å². The van der Waals surface area contributed by atoms with E-state index in [1.807, 2.05) is 0 Å². The van der Waals surface area contributed by atoms with Gasteiger partial charge in [0.25, 0.3) is 5.91 Å². The molecule has 10 nitrogen and oxygen atoms in total. The SMILES string of the molecule is CNC(=O)c1ccc(OC)cc1Oc1ncc(Br)c(Nc2cc(O)c(OC)c(OC)c2)n1. The molecule has 1 heterocycles. The lowest BCUT2D eigenvalue weighted by Crippen LogP contribution is -2.18. The van der Waals surface area contributed by atoms with Crippen LogP contribution in [0.4, 0.5) is 11.5 Å². The average Bonchev–Trinajstić information content (AvgIpc) is 2.80. The van der Waals surface area contributed by atoms with Crippen molar-refractivity contribution in [1.29, 1.82) is 0 Å². The summed E-state index contributed by atoms with van der Waals surface area (Å²) in [5.41, 5.74) is 0.775. The van der Waals surface area contributed by atoms with Gasteiger partial charge in [0.1, 0.15) is 11.5 Å². The van der Waals surface area contributed by atoms with E-state index in [0.29, 0.717) is 33.0 Å². The van der Waals surface area contributed by atoms with Gasteiger partial charge in [-0.05, 0) is 28.1 Å². The van der Waals surface area contributed by atoms with Gasteiger partial charge < -0.3 is 34.7 Å². The van der Waals surface area contributed by atoms with Gasteiger partial charge in [-0.2, -0.15) is 4.98 Å². The van der Waals surface area contributed by atoms with Crippen molar-refractivity contribution in [3.63, 3.8) is 0 Å². The van der Waals surface area contributed by atoms with Gasteiger partial charge in [-0.25, -0.2) is 4.98 Å². The molecule has 0 radical (unpaired) electrons. The lowest BCUT2D eigenvalue weighted by molar-refractivity contribution is 0.0960. The molecular formula is C21H21BrN4O6. The summed E-state index contributed by atoms with van der Waals surface area (Å²) >= 11 is 3.38. The number of carbonyl (C=O) groups excluding carboxylic acids is 1. The molecule has 1 amide bonds. The molecule has 0 saturated carbocycles. The van der Waals surface area contributed by atoms with Gasteiger partial charge in [-0.1, -0.05) is 0 Å². The van der Waals surface area contributed by atoms with Gasteiger partial charge >= 0.3 is 6.01 Å². The number of carbonyl (C=O) groups is 1. The molecule has 3 aromatic rings. The molecule has 3 rings (SSSR count). The zero-order valence-electron chi connectivity index (χ0n) is 17.7. The highest BCUT2D eigenvalue weighted by molar-refractivity contribution is 9.10. The second kappa shape index (κ2) is 10.1. The topological polar surface area (TPSA) is 124 Å². The summed E-state index contributed by atoms with van der Waals surface area (Å²) in [6, 6.07) is 7.88. The summed E-state index contributed by atoms with van der Waals surface area (Å²) in [5.74, 6) is 1.18. The molecule has 0 aliphatic rings. The third-order valence-corrected chi connectivity index (χ3v) is 4.89. The van der Waals surface area contributed by atoms with Crippen LogP contribution in [0, 0.1) is 0 Å². The lowest BCUT2D eigenvalue weighted by Gasteiger charge is -2.14. The molecule has 0 bridgehead atoms. The lowest BCUT2D eigenvalue weighted by atomic mass is 10.2. The van der Waals surface area contributed by atoms with Crippen molar-refractivity contribution in [1.82, 2.24) is 15.3 Å². The maximum absolute atomic E-state index is 12.2. The average molecular weight is 505 g/mol. The number of ether oxygens (including phenoxy) is 4. The van der Waals surface area contributed by atoms with Crippen molar-refractivity contribution in [3.8, 4) is 34.8 Å². The molecule has 0 aliphatic heterocycles. The summed E-state index contributed by atoms with van der Waals surface area (Å²) < 4.78 is 21.9. The molecule has 0 aliphatic carbocycles. The summed E-state index contributed by atoms with van der Waals surface area (Å²) in [6.45, 7) is 0. The fourth-order valence-corrected chi connectivity index (χ4v) is 3.07. The smallest absolute Gasteiger partial charge is 0.324 e. The molecule has 0 fully saturated rings. The number of aromatic hydroxyl groups is 1. The molecule has 0 saturated heterocycles. The van der Waals surface area contributed by atoms with Crippen molar-refractivity contribution in [2.45, 2.75) is 0 Å². The number of amides is 1. The van der Waals surface area contributed by atoms with E-state index in [1.165, 1.54) is 40.6 Å². The number of anilines is 2. The molecule has 32 heavy (non-hydrogen) atoms. The first kappa shape index (κ1) is 22.9. The largest absolute Gasteiger partial charge is 0.504 e. The molecule has 3 N–H and O–H groups in total. The normalized spacial score (nSPS) is 10.3. The van der Waals surface area contributed by atoms with E-state index >= 15 is 0 Å². The molecule has 11 heteroatoms. The summed E-state index contributed by atoms with van der Waals surface area (Å²) in [4.78, 5) is 20.7. The van der Waals surface area contributed by atoms with Gasteiger partial charge in [0, 0.05) is 30.9 Å². The first-order valence-electron chi connectivity index (χ1n) is 9.22. The van der Waals surface area contributed by atoms with Gasteiger partial charge in [-0.3, -0.25) is 4.79 Å². The molecule has 0 spiro atoms. The molecule has 1 aromatic heterocycles. The Morgan fingerprint density at radius 1 is 1.06 bits per heavy atom. The number of hydrogen-bond donors (Lipinski definition) is 3. The third kappa shape index (κ3) is 4.94. The van der Waals surface area contributed by atoms with Crippen molar-refractivity contribution in [3.05, 3.63) is 46.6 Å². The summed E-state index contributed by atoms with van der Waals surface area (Å²) in [6.07, 6.45) is 1.49. The number of phenols is 1. The third-order valence-electron chi connectivity index (χ3n) is 4.31. The number of methoxy groups -OCH3 is 3.